The monoisotopic (exact) mass is 921 g/mol. The molecule has 0 unspecified atom stereocenters. The Morgan fingerprint density at radius 3 is 1.15 bits per heavy atom. The zero-order valence-electron chi connectivity index (χ0n) is 39.5. The van der Waals surface area contributed by atoms with Crippen LogP contribution < -0.4 is 49.7 Å². The number of H-pyrrole nitrogens is 3. The van der Waals surface area contributed by atoms with Gasteiger partial charge in [0.05, 0.1) is 33.3 Å². The van der Waals surface area contributed by atoms with E-state index in [1.54, 1.807) is 6.92 Å². The van der Waals surface area contributed by atoms with Gasteiger partial charge in [-0.1, -0.05) is 104 Å². The number of aromatic amines is 3. The topological polar surface area (TPSA) is 201 Å². The predicted octanol–water partition coefficient (Wildman–Crippen LogP) is 6.66. The SMILES string of the molecule is CCn1c(=O)[nH]c2c(c1=O)CC[C@@](c1ccccc1)(C1CCC1)N2.CCn1c(=O)[nH]c2c(c1=O)CC[C@](c1ccccc1)(C1CCC1)N2.CCn1c(=O)[nH]c2c(c1=O)C[C@](C)(c1ccccc1)N2. The van der Waals surface area contributed by atoms with Gasteiger partial charge < -0.3 is 16.0 Å². The van der Waals surface area contributed by atoms with Crippen LogP contribution in [0.3, 0.4) is 0 Å². The maximum absolute atomic E-state index is 12.6. The van der Waals surface area contributed by atoms with Crippen molar-refractivity contribution in [2.75, 3.05) is 16.0 Å². The molecule has 3 atom stereocenters. The smallest absolute Gasteiger partial charge is 0.329 e. The summed E-state index contributed by atoms with van der Waals surface area (Å²) < 4.78 is 3.79. The van der Waals surface area contributed by atoms with Gasteiger partial charge >= 0.3 is 17.1 Å². The molecule has 2 aliphatic carbocycles. The van der Waals surface area contributed by atoms with Gasteiger partial charge in [0.1, 0.15) is 17.5 Å². The molecule has 2 fully saturated rings. The number of fused-ring (bicyclic) bond motifs is 3. The number of anilines is 3. The second-order valence-corrected chi connectivity index (χ2v) is 19.2. The van der Waals surface area contributed by atoms with Crippen molar-refractivity contribution in [1.82, 2.24) is 28.7 Å². The molecule has 3 aliphatic heterocycles. The highest BCUT2D eigenvalue weighted by Crippen LogP contribution is 2.50. The third kappa shape index (κ3) is 8.08. The van der Waals surface area contributed by atoms with E-state index in [0.717, 1.165) is 18.4 Å². The molecular weight excluding hydrogens is 859 g/mol. The number of nitrogens with zero attached hydrogens (tertiary/aromatic N) is 3. The summed E-state index contributed by atoms with van der Waals surface area (Å²) in [7, 11) is 0. The summed E-state index contributed by atoms with van der Waals surface area (Å²) in [6, 6.07) is 30.9. The van der Waals surface area contributed by atoms with E-state index in [0.29, 0.717) is 84.9 Å². The van der Waals surface area contributed by atoms with Crippen molar-refractivity contribution < 1.29 is 0 Å². The number of benzene rings is 3. The van der Waals surface area contributed by atoms with Gasteiger partial charge in [-0.05, 0) is 108 Å². The van der Waals surface area contributed by atoms with E-state index in [4.69, 9.17) is 0 Å². The highest BCUT2D eigenvalue weighted by atomic mass is 16.2. The van der Waals surface area contributed by atoms with Gasteiger partial charge in [0.25, 0.3) is 16.7 Å². The second-order valence-electron chi connectivity index (χ2n) is 19.2. The normalized spacial score (nSPS) is 22.4. The van der Waals surface area contributed by atoms with Gasteiger partial charge in [-0.25, -0.2) is 14.4 Å². The first-order chi connectivity index (χ1) is 32.9. The minimum Gasteiger partial charge on any atom is -0.362 e. The van der Waals surface area contributed by atoms with E-state index in [-0.39, 0.29) is 50.4 Å². The Bertz CT molecular complexity index is 3020. The van der Waals surface area contributed by atoms with Crippen molar-refractivity contribution in [2.45, 2.75) is 135 Å². The van der Waals surface area contributed by atoms with Gasteiger partial charge in [-0.2, -0.15) is 0 Å². The first kappa shape index (κ1) is 46.2. The van der Waals surface area contributed by atoms with Gasteiger partial charge in [0.2, 0.25) is 0 Å². The number of aromatic nitrogens is 6. The molecule has 0 spiro atoms. The lowest BCUT2D eigenvalue weighted by Gasteiger charge is -2.49. The molecular formula is C53H63N9O6. The molecule has 0 bridgehead atoms. The highest BCUT2D eigenvalue weighted by molar-refractivity contribution is 5.55. The van der Waals surface area contributed by atoms with E-state index < -0.39 is 0 Å². The lowest BCUT2D eigenvalue weighted by Crippen LogP contribution is -2.51. The number of hydrogen-bond acceptors (Lipinski definition) is 9. The lowest BCUT2D eigenvalue weighted by atomic mass is 9.64. The Hall–Kier alpha value is -6.90. The largest absolute Gasteiger partial charge is 0.362 e. The molecule has 6 aromatic rings. The Labute approximate surface area is 394 Å². The fourth-order valence-electron chi connectivity index (χ4n) is 11.3. The fraction of sp³-hybridized carbons (Fsp3) is 0.434. The van der Waals surface area contributed by atoms with Crippen LogP contribution in [0.25, 0.3) is 0 Å². The van der Waals surface area contributed by atoms with E-state index in [9.17, 15) is 28.8 Å². The van der Waals surface area contributed by atoms with Crippen LogP contribution in [0.2, 0.25) is 0 Å². The molecule has 0 saturated heterocycles. The van der Waals surface area contributed by atoms with Gasteiger partial charge in [0, 0.05) is 26.1 Å². The molecule has 5 aliphatic rings. The van der Waals surface area contributed by atoms with Gasteiger partial charge in [-0.3, -0.25) is 43.0 Å². The van der Waals surface area contributed by atoms with Crippen molar-refractivity contribution in [2.24, 2.45) is 11.8 Å². The standard InChI is InChI=1S/2C19H23N3O2.C15H17N3O2/c2*1-2-22-17(23)15-11-12-19(14-9-6-10-14,13-7-4-3-5-8-13)21-16(15)20-18(22)24;1-3-18-13(19)11-9-15(2,10-7-5-4-6-8-10)17-12(11)16-14(18)20/h2*3-5,7-8,14,21H,2,6,9-12H2,1H3,(H,20,24);4-8,17H,3,9H2,1-2H3,(H,16,20)/t2*19-;15-/m101/s1. The van der Waals surface area contributed by atoms with E-state index in [1.807, 2.05) is 63.2 Å². The zero-order chi connectivity index (χ0) is 47.8. The van der Waals surface area contributed by atoms with Crippen LogP contribution in [0.1, 0.15) is 112 Å². The fourth-order valence-corrected chi connectivity index (χ4v) is 11.3. The van der Waals surface area contributed by atoms with Crippen molar-refractivity contribution in [3.8, 4) is 0 Å². The summed E-state index contributed by atoms with van der Waals surface area (Å²) in [5.41, 5.74) is 3.43. The summed E-state index contributed by atoms with van der Waals surface area (Å²) in [5.74, 6) is 2.89. The summed E-state index contributed by atoms with van der Waals surface area (Å²) in [4.78, 5) is 82.3. The van der Waals surface area contributed by atoms with Gasteiger partial charge in [0.15, 0.2) is 0 Å². The van der Waals surface area contributed by atoms with Crippen LogP contribution in [-0.2, 0) is 55.5 Å². The average molecular weight is 922 g/mol. The van der Waals surface area contributed by atoms with Crippen molar-refractivity contribution >= 4 is 17.5 Å². The van der Waals surface area contributed by atoms with E-state index in [1.165, 1.54) is 63.4 Å². The zero-order valence-corrected chi connectivity index (χ0v) is 39.5. The van der Waals surface area contributed by atoms with Crippen LogP contribution in [0.15, 0.2) is 120 Å². The number of hydrogen-bond donors (Lipinski definition) is 6. The minimum atomic E-state index is -0.362. The lowest BCUT2D eigenvalue weighted by molar-refractivity contribution is 0.170. The van der Waals surface area contributed by atoms with Crippen molar-refractivity contribution in [3.63, 3.8) is 0 Å². The van der Waals surface area contributed by atoms with Crippen LogP contribution in [0.5, 0.6) is 0 Å². The average Bonchev–Trinajstić information content (AvgIpc) is 3.66. The van der Waals surface area contributed by atoms with Crippen LogP contribution >= 0.6 is 0 Å². The summed E-state index contributed by atoms with van der Waals surface area (Å²) in [5, 5.41) is 10.5. The molecule has 0 amide bonds. The Kier molecular flexibility index (Phi) is 12.7. The maximum atomic E-state index is 12.6. The molecule has 0 radical (unpaired) electrons. The summed E-state index contributed by atoms with van der Waals surface area (Å²) in [6.45, 7) is 8.65. The molecule has 2 saturated carbocycles. The Morgan fingerprint density at radius 1 is 0.471 bits per heavy atom. The van der Waals surface area contributed by atoms with Crippen LogP contribution in [0.4, 0.5) is 17.5 Å². The molecule has 11 rings (SSSR count). The molecule has 15 nitrogen and oxygen atoms in total. The first-order valence-electron chi connectivity index (χ1n) is 24.5. The molecule has 3 aromatic heterocycles. The van der Waals surface area contributed by atoms with E-state index in [2.05, 4.69) is 79.4 Å². The highest BCUT2D eigenvalue weighted by Gasteiger charge is 2.47. The number of nitrogens with one attached hydrogen (secondary N) is 6. The minimum absolute atomic E-state index is 0.154. The Balaban J connectivity index is 0.000000128. The van der Waals surface area contributed by atoms with Gasteiger partial charge in [-0.15, -0.1) is 0 Å². The van der Waals surface area contributed by atoms with Crippen LogP contribution in [-0.4, -0.2) is 28.7 Å². The Morgan fingerprint density at radius 2 is 0.809 bits per heavy atom. The number of rotatable bonds is 8. The molecule has 6 N–H and O–H groups in total. The molecule has 15 heteroatoms. The third-order valence-electron chi connectivity index (χ3n) is 15.6. The van der Waals surface area contributed by atoms with Crippen molar-refractivity contribution in [1.29, 1.82) is 0 Å². The maximum Gasteiger partial charge on any atom is 0.329 e. The first-order valence-corrected chi connectivity index (χ1v) is 24.5. The van der Waals surface area contributed by atoms with Crippen molar-refractivity contribution in [3.05, 3.63) is 187 Å². The van der Waals surface area contributed by atoms with E-state index >= 15 is 0 Å². The van der Waals surface area contributed by atoms with Crippen LogP contribution in [0, 0.1) is 11.8 Å². The quantitative estimate of drug-likeness (QED) is 0.0966. The second kappa shape index (κ2) is 18.6. The predicted molar refractivity (Wildman–Crippen MR) is 267 cm³/mol. The third-order valence-corrected chi connectivity index (χ3v) is 15.6. The molecule has 3 aromatic carbocycles. The molecule has 68 heavy (non-hydrogen) atoms. The molecule has 356 valence electrons. The molecule has 6 heterocycles. The summed E-state index contributed by atoms with van der Waals surface area (Å²) in [6.07, 6.45) is 11.0. The summed E-state index contributed by atoms with van der Waals surface area (Å²) >= 11 is 0.